The maximum atomic E-state index is 13.6. The number of hydrogen-bond donors (Lipinski definition) is 2. The SMILES string of the molecule is O=C(NCc1cccnc1)c1cnc(NCc2ccccc2F)cn1. The van der Waals surface area contributed by atoms with Crippen molar-refractivity contribution >= 4 is 11.7 Å². The summed E-state index contributed by atoms with van der Waals surface area (Å²) in [5.41, 5.74) is 1.63. The number of rotatable bonds is 6. The fraction of sp³-hybridized carbons (Fsp3) is 0.111. The quantitative estimate of drug-likeness (QED) is 0.723. The zero-order valence-electron chi connectivity index (χ0n) is 13.3. The molecule has 0 radical (unpaired) electrons. The van der Waals surface area contributed by atoms with Gasteiger partial charge < -0.3 is 10.6 Å². The highest BCUT2D eigenvalue weighted by molar-refractivity contribution is 5.91. The normalized spacial score (nSPS) is 10.3. The Morgan fingerprint density at radius 2 is 1.88 bits per heavy atom. The lowest BCUT2D eigenvalue weighted by molar-refractivity contribution is 0.0945. The largest absolute Gasteiger partial charge is 0.365 e. The Morgan fingerprint density at radius 3 is 2.60 bits per heavy atom. The molecule has 2 heterocycles. The molecule has 0 unspecified atom stereocenters. The zero-order chi connectivity index (χ0) is 17.5. The van der Waals surface area contributed by atoms with Crippen LogP contribution in [0.3, 0.4) is 0 Å². The topological polar surface area (TPSA) is 79.8 Å². The van der Waals surface area contributed by atoms with Crippen molar-refractivity contribution < 1.29 is 9.18 Å². The standard InChI is InChI=1S/C18H16FN5O/c19-15-6-2-1-5-14(15)10-22-17-12-21-16(11-23-17)18(25)24-9-13-4-3-7-20-8-13/h1-8,11-12H,9-10H2,(H,22,23)(H,24,25). The fourth-order valence-corrected chi connectivity index (χ4v) is 2.14. The van der Waals surface area contributed by atoms with E-state index in [0.29, 0.717) is 17.9 Å². The molecule has 0 saturated heterocycles. The number of aromatic nitrogens is 3. The van der Waals surface area contributed by atoms with E-state index in [1.54, 1.807) is 36.7 Å². The summed E-state index contributed by atoms with van der Waals surface area (Å²) in [5.74, 6) is -0.140. The minimum absolute atomic E-state index is 0.209. The maximum Gasteiger partial charge on any atom is 0.271 e. The van der Waals surface area contributed by atoms with E-state index in [1.165, 1.54) is 18.5 Å². The molecule has 0 spiro atoms. The minimum atomic E-state index is -0.322. The molecule has 0 fully saturated rings. The van der Waals surface area contributed by atoms with Gasteiger partial charge >= 0.3 is 0 Å². The van der Waals surface area contributed by atoms with Crippen LogP contribution in [0.15, 0.2) is 61.2 Å². The van der Waals surface area contributed by atoms with Crippen molar-refractivity contribution in [1.82, 2.24) is 20.3 Å². The molecule has 0 aliphatic heterocycles. The van der Waals surface area contributed by atoms with Crippen LogP contribution in [0.25, 0.3) is 0 Å². The lowest BCUT2D eigenvalue weighted by Gasteiger charge is -2.07. The van der Waals surface area contributed by atoms with Crippen molar-refractivity contribution in [3.63, 3.8) is 0 Å². The van der Waals surface area contributed by atoms with Crippen LogP contribution < -0.4 is 10.6 Å². The van der Waals surface area contributed by atoms with Crippen molar-refractivity contribution in [2.75, 3.05) is 5.32 Å². The molecule has 126 valence electrons. The van der Waals surface area contributed by atoms with E-state index in [2.05, 4.69) is 25.6 Å². The summed E-state index contributed by atoms with van der Waals surface area (Å²) in [4.78, 5) is 24.2. The molecular weight excluding hydrogens is 321 g/mol. The van der Waals surface area contributed by atoms with Gasteiger partial charge in [0.15, 0.2) is 0 Å². The van der Waals surface area contributed by atoms with Crippen LogP contribution in [0.1, 0.15) is 21.6 Å². The van der Waals surface area contributed by atoms with Gasteiger partial charge in [-0.25, -0.2) is 14.4 Å². The number of nitrogens with zero attached hydrogens (tertiary/aromatic N) is 3. The number of carbonyl (C=O) groups excluding carboxylic acids is 1. The summed E-state index contributed by atoms with van der Waals surface area (Å²) < 4.78 is 13.6. The third-order valence-electron chi connectivity index (χ3n) is 3.48. The number of anilines is 1. The van der Waals surface area contributed by atoms with Crippen molar-refractivity contribution in [2.24, 2.45) is 0 Å². The van der Waals surface area contributed by atoms with E-state index in [-0.39, 0.29) is 24.0 Å². The van der Waals surface area contributed by atoms with E-state index >= 15 is 0 Å². The zero-order valence-corrected chi connectivity index (χ0v) is 13.3. The van der Waals surface area contributed by atoms with E-state index in [0.717, 1.165) is 5.56 Å². The van der Waals surface area contributed by atoms with E-state index in [1.807, 2.05) is 6.07 Å². The van der Waals surface area contributed by atoms with Crippen LogP contribution in [0, 0.1) is 5.82 Å². The highest BCUT2D eigenvalue weighted by Gasteiger charge is 2.08. The van der Waals surface area contributed by atoms with Gasteiger partial charge in [0.25, 0.3) is 5.91 Å². The van der Waals surface area contributed by atoms with Crippen molar-refractivity contribution in [1.29, 1.82) is 0 Å². The van der Waals surface area contributed by atoms with Gasteiger partial charge in [-0.05, 0) is 17.7 Å². The van der Waals surface area contributed by atoms with Gasteiger partial charge in [-0.2, -0.15) is 0 Å². The molecule has 0 aliphatic carbocycles. The van der Waals surface area contributed by atoms with Gasteiger partial charge in [0.05, 0.1) is 12.4 Å². The summed E-state index contributed by atoms with van der Waals surface area (Å²) >= 11 is 0. The van der Waals surface area contributed by atoms with Gasteiger partial charge in [-0.15, -0.1) is 0 Å². The maximum absolute atomic E-state index is 13.6. The van der Waals surface area contributed by atoms with Crippen molar-refractivity contribution in [3.8, 4) is 0 Å². The lowest BCUT2D eigenvalue weighted by Crippen LogP contribution is -2.24. The van der Waals surface area contributed by atoms with E-state index < -0.39 is 0 Å². The molecule has 1 aromatic carbocycles. The molecule has 2 N–H and O–H groups in total. The Kier molecular flexibility index (Phi) is 5.26. The fourth-order valence-electron chi connectivity index (χ4n) is 2.14. The molecule has 0 bridgehead atoms. The molecule has 0 atom stereocenters. The molecule has 0 aliphatic rings. The molecule has 2 aromatic heterocycles. The smallest absolute Gasteiger partial charge is 0.271 e. The third kappa shape index (κ3) is 4.57. The van der Waals surface area contributed by atoms with Crippen LogP contribution in [-0.4, -0.2) is 20.9 Å². The highest BCUT2D eigenvalue weighted by Crippen LogP contribution is 2.09. The Bertz CT molecular complexity index is 840. The summed E-state index contributed by atoms with van der Waals surface area (Å²) in [6.45, 7) is 0.648. The molecule has 6 nitrogen and oxygen atoms in total. The summed E-state index contributed by atoms with van der Waals surface area (Å²) in [7, 11) is 0. The number of amides is 1. The number of pyridine rings is 1. The average Bonchev–Trinajstić information content (AvgIpc) is 2.67. The highest BCUT2D eigenvalue weighted by atomic mass is 19.1. The third-order valence-corrected chi connectivity index (χ3v) is 3.48. The Hall–Kier alpha value is -3.35. The number of halogens is 1. The number of benzene rings is 1. The molecule has 25 heavy (non-hydrogen) atoms. The Morgan fingerprint density at radius 1 is 1.00 bits per heavy atom. The predicted molar refractivity (Wildman–Crippen MR) is 91.2 cm³/mol. The molecule has 7 heteroatoms. The first-order chi connectivity index (χ1) is 12.2. The first-order valence-corrected chi connectivity index (χ1v) is 7.69. The number of hydrogen-bond acceptors (Lipinski definition) is 5. The van der Waals surface area contributed by atoms with Crippen LogP contribution in [0.4, 0.5) is 10.2 Å². The van der Waals surface area contributed by atoms with Crippen LogP contribution >= 0.6 is 0 Å². The first-order valence-electron chi connectivity index (χ1n) is 7.69. The second-order valence-electron chi connectivity index (χ2n) is 5.28. The number of nitrogens with one attached hydrogen (secondary N) is 2. The van der Waals surface area contributed by atoms with Crippen LogP contribution in [0.5, 0.6) is 0 Å². The van der Waals surface area contributed by atoms with Gasteiger partial charge in [-0.3, -0.25) is 9.78 Å². The second kappa shape index (κ2) is 7.96. The molecule has 3 aromatic rings. The van der Waals surface area contributed by atoms with Gasteiger partial charge in [0, 0.05) is 31.0 Å². The Balaban J connectivity index is 1.54. The molecular formula is C18H16FN5O. The van der Waals surface area contributed by atoms with E-state index in [4.69, 9.17) is 0 Å². The molecule has 3 rings (SSSR count). The van der Waals surface area contributed by atoms with Crippen molar-refractivity contribution in [3.05, 3.63) is 83.8 Å². The second-order valence-corrected chi connectivity index (χ2v) is 5.28. The van der Waals surface area contributed by atoms with Crippen LogP contribution in [0.2, 0.25) is 0 Å². The summed E-state index contributed by atoms with van der Waals surface area (Å²) in [6.07, 6.45) is 6.17. The molecule has 1 amide bonds. The van der Waals surface area contributed by atoms with Gasteiger partial charge in [-0.1, -0.05) is 24.3 Å². The van der Waals surface area contributed by atoms with Gasteiger partial charge in [0.1, 0.15) is 17.3 Å². The Labute approximate surface area is 144 Å². The summed E-state index contributed by atoms with van der Waals surface area (Å²) in [5, 5.41) is 5.72. The summed E-state index contributed by atoms with van der Waals surface area (Å²) in [6, 6.07) is 10.2. The van der Waals surface area contributed by atoms with E-state index in [9.17, 15) is 9.18 Å². The van der Waals surface area contributed by atoms with Crippen molar-refractivity contribution in [2.45, 2.75) is 13.1 Å². The molecule has 0 saturated carbocycles. The monoisotopic (exact) mass is 337 g/mol. The number of carbonyl (C=O) groups is 1. The first kappa shape index (κ1) is 16.5. The minimum Gasteiger partial charge on any atom is -0.365 e. The lowest BCUT2D eigenvalue weighted by atomic mass is 10.2. The van der Waals surface area contributed by atoms with Gasteiger partial charge in [0.2, 0.25) is 0 Å². The van der Waals surface area contributed by atoms with Crippen LogP contribution in [-0.2, 0) is 13.1 Å². The average molecular weight is 337 g/mol. The predicted octanol–water partition coefficient (Wildman–Crippen LogP) is 2.55.